The quantitative estimate of drug-likeness (QED) is 0.404. The standard InChI is InChI=1S/C20H22F2N6O4/c1-2-32-25-24-17-10-15(3-5-27(17)13-29)28-7-8-31-16-9-14(11-23-18(16)28)19(30)26-6-4-20(21,22)12-26/h3,5,9-11,13,25H,2,4,6-8,12H2,1H3/b24-17-. The van der Waals surface area contributed by atoms with Gasteiger partial charge in [-0.3, -0.25) is 19.0 Å². The number of nitrogens with one attached hydrogen (secondary N) is 1. The van der Waals surface area contributed by atoms with E-state index in [1.165, 1.54) is 16.8 Å². The molecule has 2 aliphatic rings. The molecule has 0 bridgehead atoms. The number of fused-ring (bicyclic) bond motifs is 1. The van der Waals surface area contributed by atoms with Gasteiger partial charge >= 0.3 is 0 Å². The summed E-state index contributed by atoms with van der Waals surface area (Å²) in [5.74, 6) is -2.54. The van der Waals surface area contributed by atoms with Gasteiger partial charge in [-0.2, -0.15) is 5.59 Å². The maximum atomic E-state index is 13.5. The lowest BCUT2D eigenvalue weighted by atomic mass is 10.2. The van der Waals surface area contributed by atoms with Crippen LogP contribution in [0, 0.1) is 0 Å². The average molecular weight is 448 g/mol. The van der Waals surface area contributed by atoms with Gasteiger partial charge in [-0.25, -0.2) is 13.8 Å². The number of halogens is 2. The van der Waals surface area contributed by atoms with Crippen molar-refractivity contribution in [2.75, 3.05) is 37.7 Å². The van der Waals surface area contributed by atoms with Crippen LogP contribution < -0.4 is 20.7 Å². The zero-order chi connectivity index (χ0) is 22.7. The third kappa shape index (κ3) is 4.40. The van der Waals surface area contributed by atoms with Crippen molar-refractivity contribution >= 4 is 23.8 Å². The molecule has 0 radical (unpaired) electrons. The fourth-order valence-electron chi connectivity index (χ4n) is 3.54. The number of hydrogen-bond acceptors (Lipinski definition) is 8. The van der Waals surface area contributed by atoms with Gasteiger partial charge < -0.3 is 14.5 Å². The van der Waals surface area contributed by atoms with Crippen LogP contribution in [0.5, 0.6) is 5.75 Å². The predicted octanol–water partition coefficient (Wildman–Crippen LogP) is 1.29. The molecule has 1 amide bonds. The smallest absolute Gasteiger partial charge is 0.267 e. The first-order valence-electron chi connectivity index (χ1n) is 10.1. The molecule has 4 rings (SSSR count). The molecule has 0 aromatic carbocycles. The first-order valence-corrected chi connectivity index (χ1v) is 10.1. The van der Waals surface area contributed by atoms with Gasteiger partial charge in [0.15, 0.2) is 17.1 Å². The van der Waals surface area contributed by atoms with Crippen molar-refractivity contribution in [2.24, 2.45) is 5.10 Å². The third-order valence-corrected chi connectivity index (χ3v) is 5.11. The highest BCUT2D eigenvalue weighted by molar-refractivity contribution is 5.95. The number of carbonyl (C=O) groups excluding carboxylic acids is 2. The first kappa shape index (κ1) is 21.7. The number of ether oxygens (including phenoxy) is 1. The summed E-state index contributed by atoms with van der Waals surface area (Å²) in [7, 11) is 0. The van der Waals surface area contributed by atoms with Crippen molar-refractivity contribution in [1.29, 1.82) is 0 Å². The van der Waals surface area contributed by atoms with E-state index < -0.39 is 18.4 Å². The highest BCUT2D eigenvalue weighted by Crippen LogP contribution is 2.35. The van der Waals surface area contributed by atoms with Crippen LogP contribution in [-0.2, 0) is 9.63 Å². The molecule has 2 aromatic rings. The molecule has 0 spiro atoms. The van der Waals surface area contributed by atoms with Gasteiger partial charge in [0.2, 0.25) is 6.41 Å². The van der Waals surface area contributed by atoms with Crippen molar-refractivity contribution in [3.8, 4) is 5.75 Å². The normalized spacial score (nSPS) is 17.7. The van der Waals surface area contributed by atoms with Gasteiger partial charge in [-0.05, 0) is 19.1 Å². The van der Waals surface area contributed by atoms with Crippen molar-refractivity contribution in [3.63, 3.8) is 0 Å². The van der Waals surface area contributed by atoms with Crippen LogP contribution in [0.1, 0.15) is 23.7 Å². The number of carbonyl (C=O) groups is 2. The third-order valence-electron chi connectivity index (χ3n) is 5.11. The minimum atomic E-state index is -2.87. The molecule has 0 unspecified atom stereocenters. The number of rotatable bonds is 6. The van der Waals surface area contributed by atoms with Crippen LogP contribution in [0.2, 0.25) is 0 Å². The summed E-state index contributed by atoms with van der Waals surface area (Å²) < 4.78 is 33.9. The lowest BCUT2D eigenvalue weighted by molar-refractivity contribution is 0.0120. The Morgan fingerprint density at radius 2 is 2.25 bits per heavy atom. The fourth-order valence-corrected chi connectivity index (χ4v) is 3.54. The van der Waals surface area contributed by atoms with E-state index in [1.807, 2.05) is 4.90 Å². The van der Waals surface area contributed by atoms with Gasteiger partial charge in [0.05, 0.1) is 25.3 Å². The summed E-state index contributed by atoms with van der Waals surface area (Å²) >= 11 is 0. The largest absolute Gasteiger partial charge is 0.488 e. The van der Waals surface area contributed by atoms with Crippen molar-refractivity contribution in [3.05, 3.63) is 41.6 Å². The molecule has 10 nitrogen and oxygen atoms in total. The molecule has 2 aliphatic heterocycles. The molecule has 1 fully saturated rings. The van der Waals surface area contributed by atoms with Gasteiger partial charge in [0.1, 0.15) is 6.61 Å². The Labute approximate surface area is 182 Å². The Hall–Kier alpha value is -3.54. The molecule has 1 saturated heterocycles. The van der Waals surface area contributed by atoms with E-state index in [0.29, 0.717) is 48.9 Å². The SMILES string of the molecule is CCON/N=c1/cc(N2CCOc3cc(C(=O)N4CCC(F)(F)C4)cnc32)ccn1C=O. The fraction of sp³-hybridized carbons (Fsp3) is 0.400. The Bertz CT molecular complexity index is 1090. The molecule has 0 aliphatic carbocycles. The Morgan fingerprint density at radius 3 is 2.97 bits per heavy atom. The maximum Gasteiger partial charge on any atom is 0.267 e. The Morgan fingerprint density at radius 1 is 1.41 bits per heavy atom. The van der Waals surface area contributed by atoms with Crippen LogP contribution in [0.15, 0.2) is 35.7 Å². The molecule has 1 N–H and O–H groups in total. The van der Waals surface area contributed by atoms with E-state index >= 15 is 0 Å². The maximum absolute atomic E-state index is 13.5. The van der Waals surface area contributed by atoms with E-state index in [-0.39, 0.29) is 18.5 Å². The molecule has 0 atom stereocenters. The summed E-state index contributed by atoms with van der Waals surface area (Å²) in [5, 5.41) is 4.04. The number of amides is 1. The van der Waals surface area contributed by atoms with E-state index in [9.17, 15) is 18.4 Å². The predicted molar refractivity (Wildman–Crippen MR) is 109 cm³/mol. The summed E-state index contributed by atoms with van der Waals surface area (Å²) in [4.78, 5) is 36.3. The topological polar surface area (TPSA) is 101 Å². The van der Waals surface area contributed by atoms with Crippen molar-refractivity contribution in [1.82, 2.24) is 20.0 Å². The molecule has 2 aromatic heterocycles. The molecule has 4 heterocycles. The molecule has 32 heavy (non-hydrogen) atoms. The van der Waals surface area contributed by atoms with Crippen LogP contribution in [0.4, 0.5) is 20.3 Å². The van der Waals surface area contributed by atoms with E-state index in [0.717, 1.165) is 4.90 Å². The Balaban J connectivity index is 1.62. The number of nitrogens with zero attached hydrogens (tertiary/aromatic N) is 5. The monoisotopic (exact) mass is 448 g/mol. The molecule has 12 heteroatoms. The second-order valence-electron chi connectivity index (χ2n) is 7.27. The van der Waals surface area contributed by atoms with Crippen molar-refractivity contribution in [2.45, 2.75) is 19.3 Å². The van der Waals surface area contributed by atoms with E-state index in [1.54, 1.807) is 25.3 Å². The van der Waals surface area contributed by atoms with Crippen molar-refractivity contribution < 1.29 is 27.9 Å². The molecular weight excluding hydrogens is 426 g/mol. The lowest BCUT2D eigenvalue weighted by Gasteiger charge is -2.30. The second-order valence-corrected chi connectivity index (χ2v) is 7.27. The zero-order valence-electron chi connectivity index (χ0n) is 17.3. The highest BCUT2D eigenvalue weighted by atomic mass is 19.3. The second kappa shape index (κ2) is 8.91. The summed E-state index contributed by atoms with van der Waals surface area (Å²) in [6, 6.07) is 4.91. The average Bonchev–Trinajstić information content (AvgIpc) is 3.17. The van der Waals surface area contributed by atoms with Crippen LogP contribution in [-0.4, -0.2) is 65.5 Å². The van der Waals surface area contributed by atoms with Crippen LogP contribution >= 0.6 is 0 Å². The first-order chi connectivity index (χ1) is 15.4. The lowest BCUT2D eigenvalue weighted by Crippen LogP contribution is -2.33. The minimum Gasteiger partial charge on any atom is -0.488 e. The van der Waals surface area contributed by atoms with Crippen LogP contribution in [0.3, 0.4) is 0 Å². The number of likely N-dealkylation sites (tertiary alicyclic amines) is 1. The number of anilines is 2. The van der Waals surface area contributed by atoms with Crippen LogP contribution in [0.25, 0.3) is 0 Å². The van der Waals surface area contributed by atoms with Gasteiger partial charge in [-0.1, -0.05) is 0 Å². The summed E-state index contributed by atoms with van der Waals surface area (Å²) in [5.41, 5.74) is 3.60. The van der Waals surface area contributed by atoms with E-state index in [4.69, 9.17) is 9.57 Å². The number of aromatic nitrogens is 2. The van der Waals surface area contributed by atoms with Gasteiger partial charge in [0, 0.05) is 37.1 Å². The Kier molecular flexibility index (Phi) is 6.04. The van der Waals surface area contributed by atoms with E-state index in [2.05, 4.69) is 15.7 Å². The summed E-state index contributed by atoms with van der Waals surface area (Å²) in [6.45, 7) is 2.37. The molecule has 0 saturated carbocycles. The number of hydrogen-bond donors (Lipinski definition) is 1. The van der Waals surface area contributed by atoms with Gasteiger partial charge in [-0.15, -0.1) is 5.10 Å². The number of pyridine rings is 2. The minimum absolute atomic E-state index is 0.00128. The number of alkyl halides is 2. The van der Waals surface area contributed by atoms with Gasteiger partial charge in [0.25, 0.3) is 11.8 Å². The highest BCUT2D eigenvalue weighted by Gasteiger charge is 2.40. The zero-order valence-corrected chi connectivity index (χ0v) is 17.3. The molecule has 170 valence electrons. The summed E-state index contributed by atoms with van der Waals surface area (Å²) in [6.07, 6.45) is 3.17. The molecular formula is C20H22F2N6O4.